The average molecular weight is 541 g/mol. The zero-order valence-electron chi connectivity index (χ0n) is 22.5. The number of methoxy groups -OCH3 is 1. The van der Waals surface area contributed by atoms with E-state index in [1.165, 1.54) is 24.8 Å². The summed E-state index contributed by atoms with van der Waals surface area (Å²) in [5.74, 6) is 0.759. The molecule has 1 amide bonds. The van der Waals surface area contributed by atoms with Crippen molar-refractivity contribution in [1.82, 2.24) is 0 Å². The number of carbonyl (C=O) groups is 2. The molecule has 2 heterocycles. The van der Waals surface area contributed by atoms with Crippen LogP contribution in [-0.2, 0) is 17.6 Å². The number of rotatable bonds is 6. The quantitative estimate of drug-likeness (QED) is 0.198. The smallest absolute Gasteiger partial charge is 0.337 e. The summed E-state index contributed by atoms with van der Waals surface area (Å²) < 4.78 is 10.8. The molecule has 2 aromatic heterocycles. The van der Waals surface area contributed by atoms with Crippen LogP contribution < -0.4 is 5.32 Å². The third-order valence-corrected chi connectivity index (χ3v) is 8.09. The summed E-state index contributed by atoms with van der Waals surface area (Å²) in [7, 11) is 1.36. The molecule has 6 nitrogen and oxygen atoms in total. The molecule has 0 unspecified atom stereocenters. The van der Waals surface area contributed by atoms with Crippen LogP contribution in [-0.4, -0.2) is 25.2 Å². The van der Waals surface area contributed by atoms with Crippen molar-refractivity contribution in [3.8, 4) is 11.3 Å². The van der Waals surface area contributed by atoms with E-state index in [0.29, 0.717) is 27.6 Å². The van der Waals surface area contributed by atoms with Gasteiger partial charge in [0.1, 0.15) is 16.5 Å². The van der Waals surface area contributed by atoms with E-state index in [1.807, 2.05) is 50.2 Å². The van der Waals surface area contributed by atoms with Crippen LogP contribution in [0.25, 0.3) is 11.3 Å². The van der Waals surface area contributed by atoms with E-state index in [-0.39, 0.29) is 11.9 Å². The highest BCUT2D eigenvalue weighted by molar-refractivity contribution is 7.16. The molecule has 7 heteroatoms. The molecule has 1 aliphatic rings. The summed E-state index contributed by atoms with van der Waals surface area (Å²) >= 11 is 1.61. The summed E-state index contributed by atoms with van der Waals surface area (Å²) in [5, 5.41) is 3.84. The number of anilines is 1. The van der Waals surface area contributed by atoms with Gasteiger partial charge in [0, 0.05) is 16.1 Å². The first-order valence-electron chi connectivity index (χ1n) is 13.3. The van der Waals surface area contributed by atoms with Crippen LogP contribution in [0.15, 0.2) is 64.0 Å². The summed E-state index contributed by atoms with van der Waals surface area (Å²) in [6.45, 7) is 4.06. The summed E-state index contributed by atoms with van der Waals surface area (Å²) in [4.78, 5) is 31.4. The molecular weight excluding hydrogens is 508 g/mol. The van der Waals surface area contributed by atoms with E-state index in [0.717, 1.165) is 53.6 Å². The van der Waals surface area contributed by atoms with Crippen LogP contribution in [0.1, 0.15) is 73.7 Å². The molecule has 2 aromatic carbocycles. The first-order valence-corrected chi connectivity index (χ1v) is 14.1. The monoisotopic (exact) mass is 540 g/mol. The molecule has 0 atom stereocenters. The van der Waals surface area contributed by atoms with Gasteiger partial charge in [0.15, 0.2) is 0 Å². The Morgan fingerprint density at radius 3 is 2.38 bits per heavy atom. The number of nitrogens with one attached hydrogen (secondary N) is 1. The highest BCUT2D eigenvalue weighted by atomic mass is 32.1. The van der Waals surface area contributed by atoms with Crippen LogP contribution in [0.5, 0.6) is 0 Å². The maximum atomic E-state index is 13.7. The lowest BCUT2D eigenvalue weighted by molar-refractivity contribution is 0.0600. The normalized spacial score (nSPS) is 13.5. The molecule has 0 aliphatic heterocycles. The fourth-order valence-corrected chi connectivity index (χ4v) is 6.29. The van der Waals surface area contributed by atoms with Gasteiger partial charge in [0.2, 0.25) is 0 Å². The molecule has 0 saturated carbocycles. The molecule has 0 fully saturated rings. The Kier molecular flexibility index (Phi) is 8.07. The zero-order chi connectivity index (χ0) is 27.4. The second-order valence-electron chi connectivity index (χ2n) is 9.96. The van der Waals surface area contributed by atoms with Gasteiger partial charge in [-0.1, -0.05) is 31.0 Å². The molecule has 4 aromatic rings. The van der Waals surface area contributed by atoms with Crippen LogP contribution in [0.3, 0.4) is 0 Å². The average Bonchev–Trinajstić information content (AvgIpc) is 3.51. The number of benzene rings is 2. The highest BCUT2D eigenvalue weighted by Gasteiger charge is 2.24. The molecule has 39 heavy (non-hydrogen) atoms. The number of aliphatic imine (C=N–C) groups is 1. The predicted octanol–water partition coefficient (Wildman–Crippen LogP) is 8.07. The van der Waals surface area contributed by atoms with Gasteiger partial charge in [-0.05, 0) is 92.6 Å². The van der Waals surface area contributed by atoms with Crippen molar-refractivity contribution < 1.29 is 18.7 Å². The fraction of sp³-hybridized carbons (Fsp3) is 0.281. The third kappa shape index (κ3) is 6.20. The van der Waals surface area contributed by atoms with E-state index in [9.17, 15) is 9.59 Å². The van der Waals surface area contributed by atoms with Gasteiger partial charge in [-0.3, -0.25) is 4.79 Å². The summed E-state index contributed by atoms with van der Waals surface area (Å²) in [6, 6.07) is 16.9. The molecule has 5 rings (SSSR count). The van der Waals surface area contributed by atoms with E-state index < -0.39 is 0 Å². The lowest BCUT2D eigenvalue weighted by atomic mass is 9.96. The van der Waals surface area contributed by atoms with Crippen LogP contribution in [0.4, 0.5) is 10.7 Å². The highest BCUT2D eigenvalue weighted by Crippen LogP contribution is 2.39. The molecule has 200 valence electrons. The predicted molar refractivity (Wildman–Crippen MR) is 157 cm³/mol. The van der Waals surface area contributed by atoms with Crippen molar-refractivity contribution in [2.24, 2.45) is 4.99 Å². The van der Waals surface area contributed by atoms with Crippen molar-refractivity contribution in [2.75, 3.05) is 12.4 Å². The number of ether oxygens (including phenoxy) is 1. The minimum atomic E-state index is -0.378. The number of hydrogen-bond acceptors (Lipinski definition) is 6. The van der Waals surface area contributed by atoms with Gasteiger partial charge in [-0.2, -0.15) is 0 Å². The molecule has 1 N–H and O–H groups in total. The van der Waals surface area contributed by atoms with Crippen molar-refractivity contribution in [3.63, 3.8) is 0 Å². The van der Waals surface area contributed by atoms with Gasteiger partial charge in [0.05, 0.1) is 24.5 Å². The first kappa shape index (κ1) is 26.6. The Hall–Kier alpha value is -3.97. The molecule has 0 radical (unpaired) electrons. The number of thiophene rings is 1. The van der Waals surface area contributed by atoms with Gasteiger partial charge in [0.25, 0.3) is 5.91 Å². The number of aryl methyl sites for hydroxylation is 3. The van der Waals surface area contributed by atoms with Crippen LogP contribution >= 0.6 is 11.3 Å². The molecule has 0 saturated heterocycles. The Bertz CT molecular complexity index is 1510. The molecule has 0 bridgehead atoms. The second-order valence-corrected chi connectivity index (χ2v) is 11.0. The Labute approximate surface area is 232 Å². The van der Waals surface area contributed by atoms with E-state index in [1.54, 1.807) is 29.7 Å². The number of esters is 1. The minimum absolute atomic E-state index is 0.115. The Morgan fingerprint density at radius 2 is 1.67 bits per heavy atom. The SMILES string of the molecule is COC(=O)c1ccc(-c2ccc(C=Nc3sc4c(c3C(=O)Nc3cc(C)cc(C)c3)CCCCCC4)o2)cc1. The van der Waals surface area contributed by atoms with E-state index in [2.05, 4.69) is 11.4 Å². The van der Waals surface area contributed by atoms with Crippen molar-refractivity contribution in [2.45, 2.75) is 52.4 Å². The number of amides is 1. The minimum Gasteiger partial charge on any atom is -0.465 e. The number of carbonyl (C=O) groups excluding carboxylic acids is 2. The van der Waals surface area contributed by atoms with Crippen molar-refractivity contribution in [1.29, 1.82) is 0 Å². The van der Waals surface area contributed by atoms with E-state index in [4.69, 9.17) is 14.1 Å². The lowest BCUT2D eigenvalue weighted by Gasteiger charge is -2.12. The topological polar surface area (TPSA) is 80.9 Å². The fourth-order valence-electron chi connectivity index (χ4n) is 5.06. The second kappa shape index (κ2) is 11.8. The summed E-state index contributed by atoms with van der Waals surface area (Å²) in [6.07, 6.45) is 8.16. The zero-order valence-corrected chi connectivity index (χ0v) is 23.3. The Balaban J connectivity index is 1.43. The first-order chi connectivity index (χ1) is 18.9. The van der Waals surface area contributed by atoms with Gasteiger partial charge >= 0.3 is 5.97 Å². The van der Waals surface area contributed by atoms with Crippen LogP contribution in [0, 0.1) is 13.8 Å². The maximum Gasteiger partial charge on any atom is 0.337 e. The number of fused-ring (bicyclic) bond motifs is 1. The number of nitrogens with zero attached hydrogens (tertiary/aromatic N) is 1. The van der Waals surface area contributed by atoms with Crippen LogP contribution in [0.2, 0.25) is 0 Å². The maximum absolute atomic E-state index is 13.7. The van der Waals surface area contributed by atoms with Gasteiger partial charge in [-0.15, -0.1) is 11.3 Å². The largest absolute Gasteiger partial charge is 0.465 e. The van der Waals surface area contributed by atoms with Crippen molar-refractivity contribution in [3.05, 3.63) is 93.1 Å². The molecular formula is C32H32N2O4S. The van der Waals surface area contributed by atoms with Gasteiger partial charge in [-0.25, -0.2) is 9.79 Å². The third-order valence-electron chi connectivity index (χ3n) is 6.89. The number of furan rings is 1. The molecule has 0 spiro atoms. The van der Waals surface area contributed by atoms with Gasteiger partial charge < -0.3 is 14.5 Å². The molecule has 1 aliphatic carbocycles. The van der Waals surface area contributed by atoms with E-state index >= 15 is 0 Å². The standard InChI is InChI=1S/C32H32N2O4S/c1-20-16-21(2)18-24(17-20)34-30(35)29-26-8-6-4-5-7-9-28(26)39-31(29)33-19-25-14-15-27(38-25)22-10-12-23(13-11-22)32(36)37-3/h10-19H,4-9H2,1-3H3,(H,34,35). The van der Waals surface area contributed by atoms with Crippen molar-refractivity contribution >= 4 is 40.1 Å². The lowest BCUT2D eigenvalue weighted by Crippen LogP contribution is -2.14. The number of hydrogen-bond donors (Lipinski definition) is 1. The Morgan fingerprint density at radius 1 is 0.949 bits per heavy atom. The summed E-state index contributed by atoms with van der Waals surface area (Å²) in [5.41, 5.74) is 6.16.